The van der Waals surface area contributed by atoms with Gasteiger partial charge < -0.3 is 15.1 Å². The number of likely N-dealkylation sites (tertiary alicyclic amines) is 1. The van der Waals surface area contributed by atoms with E-state index in [9.17, 15) is 14.4 Å². The number of piperazine rings is 1. The number of piperidine rings is 1. The molecule has 1 unspecified atom stereocenters. The van der Waals surface area contributed by atoms with Crippen LogP contribution < -0.4 is 5.32 Å². The van der Waals surface area contributed by atoms with E-state index in [1.54, 1.807) is 0 Å². The molecule has 2 aliphatic rings. The van der Waals surface area contributed by atoms with Gasteiger partial charge in [0.2, 0.25) is 11.8 Å². The molecule has 2 aliphatic heterocycles. The second kappa shape index (κ2) is 10.0. The van der Waals surface area contributed by atoms with Crippen molar-refractivity contribution in [1.82, 2.24) is 15.1 Å². The average molecular weight is 400 g/mol. The Morgan fingerprint density at radius 2 is 1.90 bits per heavy atom. The van der Waals surface area contributed by atoms with Gasteiger partial charge in [0.05, 0.1) is 6.54 Å². The minimum Gasteiger partial charge on any atom is -0.341 e. The predicted molar refractivity (Wildman–Crippen MR) is 113 cm³/mol. The monoisotopic (exact) mass is 399 g/mol. The van der Waals surface area contributed by atoms with Crippen LogP contribution in [0.1, 0.15) is 55.5 Å². The summed E-state index contributed by atoms with van der Waals surface area (Å²) in [6, 6.07) is 7.87. The van der Waals surface area contributed by atoms with Crippen LogP contribution in [0, 0.1) is 5.92 Å². The lowest BCUT2D eigenvalue weighted by molar-refractivity contribution is -0.140. The van der Waals surface area contributed by atoms with Crippen molar-refractivity contribution in [2.45, 2.75) is 52.0 Å². The summed E-state index contributed by atoms with van der Waals surface area (Å²) in [5.41, 5.74) is 1.91. The van der Waals surface area contributed by atoms with Gasteiger partial charge in [-0.2, -0.15) is 0 Å². The van der Waals surface area contributed by atoms with Crippen molar-refractivity contribution in [3.63, 3.8) is 0 Å². The number of hydrogen-bond donors (Lipinski definition) is 1. The smallest absolute Gasteiger partial charge is 0.236 e. The summed E-state index contributed by atoms with van der Waals surface area (Å²) in [4.78, 5) is 41.1. The molecule has 2 saturated heterocycles. The minimum atomic E-state index is 0.0142. The third-order valence-corrected chi connectivity index (χ3v) is 5.80. The highest BCUT2D eigenvalue weighted by atomic mass is 16.2. The molecular weight excluding hydrogens is 366 g/mol. The molecule has 0 spiro atoms. The van der Waals surface area contributed by atoms with E-state index in [0.29, 0.717) is 37.7 Å². The van der Waals surface area contributed by atoms with Gasteiger partial charge in [-0.05, 0) is 30.7 Å². The number of hydrogen-bond acceptors (Lipinski definition) is 4. The van der Waals surface area contributed by atoms with Crippen LogP contribution in [-0.2, 0) is 16.0 Å². The van der Waals surface area contributed by atoms with Crippen molar-refractivity contribution in [3.05, 3.63) is 35.4 Å². The zero-order valence-corrected chi connectivity index (χ0v) is 17.7. The lowest BCUT2D eigenvalue weighted by Gasteiger charge is -2.41. The van der Waals surface area contributed by atoms with Crippen LogP contribution >= 0.6 is 0 Å². The number of carbonyl (C=O) groups is 3. The first-order valence-electron chi connectivity index (χ1n) is 10.8. The molecule has 6 heteroatoms. The maximum absolute atomic E-state index is 12.7. The van der Waals surface area contributed by atoms with E-state index in [-0.39, 0.29) is 36.5 Å². The molecule has 0 radical (unpaired) electrons. The van der Waals surface area contributed by atoms with Crippen molar-refractivity contribution in [1.29, 1.82) is 0 Å². The Labute approximate surface area is 173 Å². The summed E-state index contributed by atoms with van der Waals surface area (Å²) >= 11 is 0. The van der Waals surface area contributed by atoms with E-state index in [1.807, 2.05) is 34.1 Å². The molecule has 3 rings (SSSR count). The van der Waals surface area contributed by atoms with Crippen molar-refractivity contribution < 1.29 is 14.4 Å². The first-order chi connectivity index (χ1) is 13.9. The maximum atomic E-state index is 12.7. The topological polar surface area (TPSA) is 69.7 Å². The molecule has 0 bridgehead atoms. The normalized spacial score (nSPS) is 20.2. The first-order valence-corrected chi connectivity index (χ1v) is 10.8. The van der Waals surface area contributed by atoms with E-state index in [4.69, 9.17) is 0 Å². The van der Waals surface area contributed by atoms with Crippen molar-refractivity contribution in [2.24, 2.45) is 5.92 Å². The van der Waals surface area contributed by atoms with E-state index in [2.05, 4.69) is 19.2 Å². The van der Waals surface area contributed by atoms with Gasteiger partial charge in [0.25, 0.3) is 0 Å². The highest BCUT2D eigenvalue weighted by Gasteiger charge is 2.31. The fourth-order valence-corrected chi connectivity index (χ4v) is 4.26. The summed E-state index contributed by atoms with van der Waals surface area (Å²) in [6.07, 6.45) is 3.31. The van der Waals surface area contributed by atoms with E-state index in [0.717, 1.165) is 25.8 Å². The van der Waals surface area contributed by atoms with Crippen molar-refractivity contribution in [3.8, 4) is 0 Å². The molecule has 0 aromatic heterocycles. The molecule has 1 atom stereocenters. The molecule has 29 heavy (non-hydrogen) atoms. The summed E-state index contributed by atoms with van der Waals surface area (Å²) in [7, 11) is 0. The quantitative estimate of drug-likeness (QED) is 0.714. The number of rotatable bonds is 7. The second-order valence-corrected chi connectivity index (χ2v) is 8.62. The molecule has 0 saturated carbocycles. The molecule has 1 aromatic rings. The van der Waals surface area contributed by atoms with Gasteiger partial charge in [0.1, 0.15) is 0 Å². The van der Waals surface area contributed by atoms with Gasteiger partial charge in [0, 0.05) is 50.6 Å². The van der Waals surface area contributed by atoms with Crippen molar-refractivity contribution in [2.75, 3.05) is 32.7 Å². The predicted octanol–water partition coefficient (Wildman–Crippen LogP) is 2.27. The van der Waals surface area contributed by atoms with Crippen molar-refractivity contribution >= 4 is 17.6 Å². The number of ketones is 1. The Morgan fingerprint density at radius 3 is 2.59 bits per heavy atom. The third-order valence-electron chi connectivity index (χ3n) is 5.80. The molecule has 2 fully saturated rings. The molecule has 1 N–H and O–H groups in total. The molecular formula is C23H33N3O3. The maximum Gasteiger partial charge on any atom is 0.236 e. The standard InChI is InChI=1S/C23H33N3O3/c1-17(2)14-18-5-7-19(8-6-18)21(27)9-10-22(28)25-12-3-4-20(16-25)26-13-11-24-15-23(26)29/h5-8,17,20,24H,3-4,9-16H2,1-2H3. The first kappa shape index (κ1) is 21.5. The Morgan fingerprint density at radius 1 is 1.14 bits per heavy atom. The van der Waals surface area contributed by atoms with Crippen LogP contribution in [0.25, 0.3) is 0 Å². The van der Waals surface area contributed by atoms with Crippen LogP contribution in [0.3, 0.4) is 0 Å². The van der Waals surface area contributed by atoms with Gasteiger partial charge in [0.15, 0.2) is 5.78 Å². The van der Waals surface area contributed by atoms with E-state index >= 15 is 0 Å². The van der Waals surface area contributed by atoms with E-state index in [1.165, 1.54) is 5.56 Å². The van der Waals surface area contributed by atoms with Crippen LogP contribution in [0.5, 0.6) is 0 Å². The highest BCUT2D eigenvalue weighted by Crippen LogP contribution is 2.19. The fourth-order valence-electron chi connectivity index (χ4n) is 4.26. The van der Waals surface area contributed by atoms with Crippen LogP contribution in [-0.4, -0.2) is 66.2 Å². The second-order valence-electron chi connectivity index (χ2n) is 8.62. The summed E-state index contributed by atoms with van der Waals surface area (Å²) in [6.45, 7) is 7.55. The minimum absolute atomic E-state index is 0.0142. The Hall–Kier alpha value is -2.21. The number of Topliss-reactive ketones (excluding diaryl/α,β-unsaturated/α-hetero) is 1. The SMILES string of the molecule is CC(C)Cc1ccc(C(=O)CCC(=O)N2CCCC(N3CCNCC3=O)C2)cc1. The van der Waals surface area contributed by atoms with Crippen LogP contribution in [0.15, 0.2) is 24.3 Å². The molecule has 2 amide bonds. The fraction of sp³-hybridized carbons (Fsp3) is 0.609. The Kier molecular flexibility index (Phi) is 7.42. The molecule has 0 aliphatic carbocycles. The van der Waals surface area contributed by atoms with Gasteiger partial charge in [-0.15, -0.1) is 0 Å². The third kappa shape index (κ3) is 5.89. The lowest BCUT2D eigenvalue weighted by atomic mass is 9.99. The Bertz CT molecular complexity index is 729. The van der Waals surface area contributed by atoms with Gasteiger partial charge in [-0.1, -0.05) is 38.1 Å². The summed E-state index contributed by atoms with van der Waals surface area (Å²) in [5, 5.41) is 3.09. The zero-order valence-electron chi connectivity index (χ0n) is 17.7. The molecule has 1 aromatic carbocycles. The number of amides is 2. The van der Waals surface area contributed by atoms with Gasteiger partial charge in [-0.25, -0.2) is 0 Å². The van der Waals surface area contributed by atoms with Crippen LogP contribution in [0.4, 0.5) is 0 Å². The zero-order chi connectivity index (χ0) is 20.8. The Balaban J connectivity index is 1.49. The number of nitrogens with one attached hydrogen (secondary N) is 1. The van der Waals surface area contributed by atoms with Gasteiger partial charge >= 0.3 is 0 Å². The number of benzene rings is 1. The average Bonchev–Trinajstić information content (AvgIpc) is 2.72. The van der Waals surface area contributed by atoms with Crippen LogP contribution in [0.2, 0.25) is 0 Å². The number of carbonyl (C=O) groups excluding carboxylic acids is 3. The highest BCUT2D eigenvalue weighted by molar-refractivity contribution is 5.98. The summed E-state index contributed by atoms with van der Waals surface area (Å²) < 4.78 is 0. The largest absolute Gasteiger partial charge is 0.341 e. The molecule has 158 valence electrons. The summed E-state index contributed by atoms with van der Waals surface area (Å²) in [5.74, 6) is 0.730. The molecule has 2 heterocycles. The number of nitrogens with zero attached hydrogens (tertiary/aromatic N) is 2. The molecule has 6 nitrogen and oxygen atoms in total. The van der Waals surface area contributed by atoms with E-state index < -0.39 is 0 Å². The lowest BCUT2D eigenvalue weighted by Crippen LogP contribution is -2.57. The van der Waals surface area contributed by atoms with Gasteiger partial charge in [-0.3, -0.25) is 14.4 Å².